The fourth-order valence-electron chi connectivity index (χ4n) is 4.86. The minimum absolute atomic E-state index is 0.129. The number of hydrogen-bond acceptors (Lipinski definition) is 4. The van der Waals surface area contributed by atoms with Gasteiger partial charge in [-0.1, -0.05) is 32.9 Å². The van der Waals surface area contributed by atoms with Crippen LogP contribution in [0.15, 0.2) is 24.3 Å². The maximum absolute atomic E-state index is 14.0. The number of ether oxygens (including phenoxy) is 1. The fourth-order valence-corrected chi connectivity index (χ4v) is 5.18. The Hall–Kier alpha value is -0.780. The molecule has 27 heavy (non-hydrogen) atoms. The molecule has 1 saturated heterocycles. The average molecular weight is 395 g/mol. The molecule has 1 aliphatic heterocycles. The van der Waals surface area contributed by atoms with E-state index in [1.807, 2.05) is 12.1 Å². The second-order valence-corrected chi connectivity index (χ2v) is 9.99. The minimum atomic E-state index is -0.129. The van der Waals surface area contributed by atoms with Crippen LogP contribution in [0, 0.1) is 17.2 Å². The molecule has 0 amide bonds. The zero-order chi connectivity index (χ0) is 19.4. The molecule has 0 radical (unpaired) electrons. The quantitative estimate of drug-likeness (QED) is 0.717. The Bertz CT molecular complexity index is 604. The van der Waals surface area contributed by atoms with Crippen LogP contribution in [-0.2, 0) is 4.74 Å². The molecule has 1 aromatic rings. The highest BCUT2D eigenvalue weighted by Crippen LogP contribution is 2.39. The highest BCUT2D eigenvalue weighted by molar-refractivity contribution is 7.81. The number of rotatable bonds is 6. The first-order valence-corrected chi connectivity index (χ1v) is 10.9. The lowest BCUT2D eigenvalue weighted by atomic mass is 9.71. The molecule has 1 saturated carbocycles. The summed E-state index contributed by atoms with van der Waals surface area (Å²) in [6, 6.07) is 7.05. The SMILES string of the molecule is C[C@@H]1C[C@H](OC[C@H](S)CN2CCN(c3ccccc3F)CC2)CC(C)(C)C1. The van der Waals surface area contributed by atoms with Crippen LogP contribution in [0.1, 0.15) is 40.0 Å². The Morgan fingerprint density at radius 2 is 1.89 bits per heavy atom. The molecule has 152 valence electrons. The van der Waals surface area contributed by atoms with Crippen molar-refractivity contribution in [3.63, 3.8) is 0 Å². The molecule has 3 rings (SSSR count). The third kappa shape index (κ3) is 6.10. The van der Waals surface area contributed by atoms with Crippen LogP contribution in [0.4, 0.5) is 10.1 Å². The summed E-state index contributed by atoms with van der Waals surface area (Å²) in [5.74, 6) is 0.611. The van der Waals surface area contributed by atoms with E-state index in [1.54, 1.807) is 6.07 Å². The molecule has 3 atom stereocenters. The highest BCUT2D eigenvalue weighted by atomic mass is 32.1. The van der Waals surface area contributed by atoms with Crippen molar-refractivity contribution in [2.24, 2.45) is 11.3 Å². The van der Waals surface area contributed by atoms with Crippen LogP contribution >= 0.6 is 12.6 Å². The molecule has 1 aliphatic carbocycles. The molecule has 1 aromatic carbocycles. The molecule has 3 nitrogen and oxygen atoms in total. The monoisotopic (exact) mass is 394 g/mol. The maximum Gasteiger partial charge on any atom is 0.146 e. The normalized spacial score (nSPS) is 27.5. The molecule has 1 heterocycles. The molecule has 0 unspecified atom stereocenters. The van der Waals surface area contributed by atoms with Crippen molar-refractivity contribution in [2.45, 2.75) is 51.4 Å². The number of nitrogens with zero attached hydrogens (tertiary/aromatic N) is 2. The Labute approximate surface area is 169 Å². The lowest BCUT2D eigenvalue weighted by Gasteiger charge is -2.39. The summed E-state index contributed by atoms with van der Waals surface area (Å²) in [7, 11) is 0. The molecular formula is C22H35FN2OS. The van der Waals surface area contributed by atoms with Crippen molar-refractivity contribution in [2.75, 3.05) is 44.2 Å². The van der Waals surface area contributed by atoms with Gasteiger partial charge in [-0.3, -0.25) is 4.90 Å². The Morgan fingerprint density at radius 3 is 2.56 bits per heavy atom. The van der Waals surface area contributed by atoms with Crippen LogP contribution in [0.2, 0.25) is 0 Å². The minimum Gasteiger partial charge on any atom is -0.377 e. The van der Waals surface area contributed by atoms with Crippen LogP contribution < -0.4 is 4.90 Å². The Balaban J connectivity index is 1.39. The van der Waals surface area contributed by atoms with Gasteiger partial charge in [-0.2, -0.15) is 12.6 Å². The van der Waals surface area contributed by atoms with E-state index in [2.05, 4.69) is 30.6 Å². The van der Waals surface area contributed by atoms with Gasteiger partial charge < -0.3 is 9.64 Å². The summed E-state index contributed by atoms with van der Waals surface area (Å²) in [6.07, 6.45) is 3.99. The van der Waals surface area contributed by atoms with Crippen molar-refractivity contribution in [1.29, 1.82) is 0 Å². The molecule has 0 aromatic heterocycles. The number of anilines is 1. The van der Waals surface area contributed by atoms with E-state index in [-0.39, 0.29) is 11.1 Å². The number of hydrogen-bond donors (Lipinski definition) is 1. The van der Waals surface area contributed by atoms with Crippen LogP contribution in [0.3, 0.4) is 0 Å². The third-order valence-corrected chi connectivity index (χ3v) is 6.22. The summed E-state index contributed by atoms with van der Waals surface area (Å²) in [6.45, 7) is 12.3. The molecule has 0 bridgehead atoms. The van der Waals surface area contributed by atoms with Gasteiger partial charge in [-0.15, -0.1) is 0 Å². The van der Waals surface area contributed by atoms with Crippen LogP contribution in [-0.4, -0.2) is 55.6 Å². The van der Waals surface area contributed by atoms with Gasteiger partial charge in [0, 0.05) is 38.0 Å². The predicted molar refractivity (Wildman–Crippen MR) is 114 cm³/mol. The number of benzene rings is 1. The summed E-state index contributed by atoms with van der Waals surface area (Å²) in [5.41, 5.74) is 1.11. The molecule has 2 fully saturated rings. The highest BCUT2D eigenvalue weighted by Gasteiger charge is 2.32. The maximum atomic E-state index is 14.0. The van der Waals surface area contributed by atoms with Gasteiger partial charge in [0.25, 0.3) is 0 Å². The van der Waals surface area contributed by atoms with Gasteiger partial charge in [0.15, 0.2) is 0 Å². The number of thiol groups is 1. The van der Waals surface area contributed by atoms with Gasteiger partial charge in [-0.25, -0.2) is 4.39 Å². The summed E-state index contributed by atoms with van der Waals surface area (Å²) >= 11 is 4.77. The predicted octanol–water partition coefficient (Wildman–Crippen LogP) is 4.48. The van der Waals surface area contributed by atoms with E-state index in [9.17, 15) is 4.39 Å². The van der Waals surface area contributed by atoms with Crippen molar-refractivity contribution in [3.05, 3.63) is 30.1 Å². The summed E-state index contributed by atoms with van der Waals surface area (Å²) in [4.78, 5) is 4.56. The first-order chi connectivity index (χ1) is 12.8. The van der Waals surface area contributed by atoms with E-state index in [4.69, 9.17) is 17.4 Å². The number of piperazine rings is 1. The largest absolute Gasteiger partial charge is 0.377 e. The molecule has 0 N–H and O–H groups in total. The number of para-hydroxylation sites is 1. The second-order valence-electron chi connectivity index (χ2n) is 9.26. The molecular weight excluding hydrogens is 359 g/mol. The van der Waals surface area contributed by atoms with Gasteiger partial charge in [0.2, 0.25) is 0 Å². The fraction of sp³-hybridized carbons (Fsp3) is 0.727. The average Bonchev–Trinajstić information content (AvgIpc) is 2.60. The zero-order valence-electron chi connectivity index (χ0n) is 17.0. The Kier molecular flexibility index (Phi) is 7.09. The van der Waals surface area contributed by atoms with Crippen LogP contribution in [0.25, 0.3) is 0 Å². The zero-order valence-corrected chi connectivity index (χ0v) is 17.9. The van der Waals surface area contributed by atoms with Crippen molar-refractivity contribution >= 4 is 18.3 Å². The standard InChI is InChI=1S/C22H35FN2OS/c1-17-12-18(14-22(2,3)13-17)26-16-19(27)15-24-8-10-25(11-9-24)21-7-5-4-6-20(21)23/h4-7,17-19,27H,8-16H2,1-3H3/t17-,18+,19-/m1/s1. The molecule has 2 aliphatic rings. The van der Waals surface area contributed by atoms with Gasteiger partial charge >= 0.3 is 0 Å². The van der Waals surface area contributed by atoms with E-state index in [1.165, 1.54) is 18.9 Å². The van der Waals surface area contributed by atoms with Crippen molar-refractivity contribution in [3.8, 4) is 0 Å². The van der Waals surface area contributed by atoms with Gasteiger partial charge in [-0.05, 0) is 42.7 Å². The molecule has 0 spiro atoms. The van der Waals surface area contributed by atoms with Gasteiger partial charge in [0.1, 0.15) is 5.82 Å². The van der Waals surface area contributed by atoms with E-state index >= 15 is 0 Å². The molecule has 5 heteroatoms. The lowest BCUT2D eigenvalue weighted by molar-refractivity contribution is -0.0237. The number of halogens is 1. The lowest BCUT2D eigenvalue weighted by Crippen LogP contribution is -2.48. The third-order valence-electron chi connectivity index (χ3n) is 5.91. The topological polar surface area (TPSA) is 15.7 Å². The second kappa shape index (κ2) is 9.15. The summed E-state index contributed by atoms with van der Waals surface area (Å²) in [5, 5.41) is 0.227. The smallest absolute Gasteiger partial charge is 0.146 e. The van der Waals surface area contributed by atoms with Crippen LogP contribution in [0.5, 0.6) is 0 Å². The Morgan fingerprint density at radius 1 is 1.19 bits per heavy atom. The van der Waals surface area contributed by atoms with Gasteiger partial charge in [0.05, 0.1) is 18.4 Å². The van der Waals surface area contributed by atoms with Crippen molar-refractivity contribution < 1.29 is 9.13 Å². The first kappa shape index (κ1) is 20.9. The van der Waals surface area contributed by atoms with E-state index in [0.29, 0.717) is 18.1 Å². The first-order valence-electron chi connectivity index (χ1n) is 10.3. The van der Waals surface area contributed by atoms with E-state index in [0.717, 1.165) is 50.7 Å². The van der Waals surface area contributed by atoms with Crippen molar-refractivity contribution in [1.82, 2.24) is 4.90 Å². The van der Waals surface area contributed by atoms with E-state index < -0.39 is 0 Å². The summed E-state index contributed by atoms with van der Waals surface area (Å²) < 4.78 is 20.2.